The molecule has 0 heterocycles. The Morgan fingerprint density at radius 2 is 1.85 bits per heavy atom. The Bertz CT molecular complexity index is 556. The summed E-state index contributed by atoms with van der Waals surface area (Å²) in [6.07, 6.45) is 0.880. The van der Waals surface area contributed by atoms with Crippen LogP contribution in [0, 0.1) is 5.82 Å². The molecule has 0 amide bonds. The number of hydrogen-bond donors (Lipinski definition) is 1. The van der Waals surface area contributed by atoms with E-state index in [1.165, 1.54) is 12.1 Å². The highest BCUT2D eigenvalue weighted by molar-refractivity contribution is 5.39. The van der Waals surface area contributed by atoms with Crippen molar-refractivity contribution >= 4 is 0 Å². The van der Waals surface area contributed by atoms with Crippen LogP contribution in [0.4, 0.5) is 4.39 Å². The maximum Gasteiger partial charge on any atom is 0.123 e. The molecule has 0 saturated heterocycles. The summed E-state index contributed by atoms with van der Waals surface area (Å²) in [6.45, 7) is 2.09. The lowest BCUT2D eigenvalue weighted by atomic mass is 9.85. The first-order valence-corrected chi connectivity index (χ1v) is 6.81. The van der Waals surface area contributed by atoms with Crippen molar-refractivity contribution in [1.29, 1.82) is 0 Å². The summed E-state index contributed by atoms with van der Waals surface area (Å²) in [5.41, 5.74) is 8.25. The van der Waals surface area contributed by atoms with Crippen LogP contribution >= 0.6 is 0 Å². The average Bonchev–Trinajstić information content (AvgIpc) is 2.49. The monoisotopic (exact) mass is 273 g/mol. The van der Waals surface area contributed by atoms with Crippen molar-refractivity contribution in [3.63, 3.8) is 0 Å². The molecular formula is C17H20FNO. The van der Waals surface area contributed by atoms with Gasteiger partial charge in [0.05, 0.1) is 7.11 Å². The maximum absolute atomic E-state index is 13.5. The largest absolute Gasteiger partial charge is 0.496 e. The van der Waals surface area contributed by atoms with Gasteiger partial charge in [0.25, 0.3) is 0 Å². The highest BCUT2D eigenvalue weighted by Crippen LogP contribution is 2.36. The minimum atomic E-state index is -0.298. The second-order valence-corrected chi connectivity index (χ2v) is 4.84. The van der Waals surface area contributed by atoms with Crippen LogP contribution in [-0.2, 0) is 0 Å². The van der Waals surface area contributed by atoms with Crippen LogP contribution in [0.5, 0.6) is 5.75 Å². The van der Waals surface area contributed by atoms with Gasteiger partial charge >= 0.3 is 0 Å². The Kier molecular flexibility index (Phi) is 4.74. The molecule has 2 aromatic carbocycles. The standard InChI is InChI=1S/C17H20FNO/c1-3-14(12-7-5-4-6-8-12)17(19)15-11-13(18)9-10-16(15)20-2/h4-11,14,17H,3,19H2,1-2H3. The molecule has 2 nitrogen and oxygen atoms in total. The molecule has 2 rings (SSSR count). The van der Waals surface area contributed by atoms with Gasteiger partial charge in [-0.05, 0) is 30.2 Å². The van der Waals surface area contributed by atoms with Gasteiger partial charge in [-0.1, -0.05) is 37.3 Å². The van der Waals surface area contributed by atoms with Crippen molar-refractivity contribution in [1.82, 2.24) is 0 Å². The summed E-state index contributed by atoms with van der Waals surface area (Å²) in [5, 5.41) is 0. The SMILES string of the molecule is CCC(c1ccccc1)C(N)c1cc(F)ccc1OC. The molecule has 20 heavy (non-hydrogen) atoms. The van der Waals surface area contributed by atoms with Crippen LogP contribution in [0.1, 0.15) is 36.4 Å². The Morgan fingerprint density at radius 1 is 1.15 bits per heavy atom. The second kappa shape index (κ2) is 6.53. The van der Waals surface area contributed by atoms with Crippen molar-refractivity contribution in [2.45, 2.75) is 25.3 Å². The zero-order valence-electron chi connectivity index (χ0n) is 11.8. The fourth-order valence-electron chi connectivity index (χ4n) is 2.58. The number of benzene rings is 2. The van der Waals surface area contributed by atoms with Gasteiger partial charge in [-0.25, -0.2) is 4.39 Å². The molecule has 0 bridgehead atoms. The van der Waals surface area contributed by atoms with Gasteiger partial charge in [0.15, 0.2) is 0 Å². The molecule has 0 saturated carbocycles. The van der Waals surface area contributed by atoms with Crippen molar-refractivity contribution in [3.05, 3.63) is 65.5 Å². The third-order valence-corrected chi connectivity index (χ3v) is 3.65. The fourth-order valence-corrected chi connectivity index (χ4v) is 2.58. The molecule has 3 heteroatoms. The maximum atomic E-state index is 13.5. The fraction of sp³-hybridized carbons (Fsp3) is 0.294. The van der Waals surface area contributed by atoms with Crippen LogP contribution in [0.3, 0.4) is 0 Å². The molecule has 2 N–H and O–H groups in total. The van der Waals surface area contributed by atoms with E-state index in [4.69, 9.17) is 10.5 Å². The predicted octanol–water partition coefficient (Wildman–Crippen LogP) is 4.03. The van der Waals surface area contributed by atoms with Crippen molar-refractivity contribution in [2.75, 3.05) is 7.11 Å². The molecule has 0 aromatic heterocycles. The number of halogens is 1. The lowest BCUT2D eigenvalue weighted by Crippen LogP contribution is -2.20. The van der Waals surface area contributed by atoms with E-state index in [0.717, 1.165) is 12.0 Å². The molecule has 0 aliphatic rings. The van der Waals surface area contributed by atoms with Gasteiger partial charge in [-0.15, -0.1) is 0 Å². The third-order valence-electron chi connectivity index (χ3n) is 3.65. The number of nitrogens with two attached hydrogens (primary N) is 1. The number of methoxy groups -OCH3 is 1. The van der Waals surface area contributed by atoms with E-state index in [1.54, 1.807) is 13.2 Å². The summed E-state index contributed by atoms with van der Waals surface area (Å²) >= 11 is 0. The first kappa shape index (κ1) is 14.5. The number of hydrogen-bond acceptors (Lipinski definition) is 2. The molecule has 106 valence electrons. The highest BCUT2D eigenvalue weighted by atomic mass is 19.1. The molecule has 0 spiro atoms. The second-order valence-electron chi connectivity index (χ2n) is 4.84. The van der Waals surface area contributed by atoms with E-state index < -0.39 is 0 Å². The van der Waals surface area contributed by atoms with E-state index in [9.17, 15) is 4.39 Å². The van der Waals surface area contributed by atoms with E-state index in [-0.39, 0.29) is 17.8 Å². The summed E-state index contributed by atoms with van der Waals surface area (Å²) < 4.78 is 18.8. The quantitative estimate of drug-likeness (QED) is 0.892. The molecule has 2 unspecified atom stereocenters. The number of rotatable bonds is 5. The van der Waals surface area contributed by atoms with Gasteiger partial charge in [0.1, 0.15) is 11.6 Å². The zero-order chi connectivity index (χ0) is 14.5. The molecular weight excluding hydrogens is 253 g/mol. The van der Waals surface area contributed by atoms with Gasteiger partial charge < -0.3 is 10.5 Å². The van der Waals surface area contributed by atoms with Gasteiger partial charge in [-0.2, -0.15) is 0 Å². The number of ether oxygens (including phenoxy) is 1. The minimum absolute atomic E-state index is 0.131. The van der Waals surface area contributed by atoms with E-state index in [2.05, 4.69) is 19.1 Å². The smallest absolute Gasteiger partial charge is 0.123 e. The van der Waals surface area contributed by atoms with Crippen LogP contribution in [0.2, 0.25) is 0 Å². The highest BCUT2D eigenvalue weighted by Gasteiger charge is 2.23. The van der Waals surface area contributed by atoms with E-state index in [1.807, 2.05) is 18.2 Å². The van der Waals surface area contributed by atoms with Crippen LogP contribution in [-0.4, -0.2) is 7.11 Å². The van der Waals surface area contributed by atoms with Crippen molar-refractivity contribution in [2.24, 2.45) is 5.73 Å². The summed E-state index contributed by atoms with van der Waals surface area (Å²) in [4.78, 5) is 0. The van der Waals surface area contributed by atoms with Gasteiger partial charge in [0.2, 0.25) is 0 Å². The van der Waals surface area contributed by atoms with Gasteiger partial charge in [0, 0.05) is 17.5 Å². The predicted molar refractivity (Wildman–Crippen MR) is 79.4 cm³/mol. The molecule has 0 aliphatic carbocycles. The normalized spacial score (nSPS) is 13.8. The Labute approximate surface area is 119 Å². The summed E-state index contributed by atoms with van der Waals surface area (Å²) in [6, 6.07) is 14.3. The van der Waals surface area contributed by atoms with Crippen LogP contribution in [0.25, 0.3) is 0 Å². The Morgan fingerprint density at radius 3 is 2.45 bits per heavy atom. The van der Waals surface area contributed by atoms with E-state index >= 15 is 0 Å². The average molecular weight is 273 g/mol. The third kappa shape index (κ3) is 2.99. The lowest BCUT2D eigenvalue weighted by molar-refractivity contribution is 0.398. The van der Waals surface area contributed by atoms with Crippen molar-refractivity contribution < 1.29 is 9.13 Å². The molecule has 0 radical (unpaired) electrons. The molecule has 2 aromatic rings. The minimum Gasteiger partial charge on any atom is -0.496 e. The molecule has 0 aliphatic heterocycles. The Balaban J connectivity index is 2.38. The first-order valence-electron chi connectivity index (χ1n) is 6.81. The summed E-state index contributed by atoms with van der Waals surface area (Å²) in [7, 11) is 1.58. The van der Waals surface area contributed by atoms with Gasteiger partial charge in [-0.3, -0.25) is 0 Å². The summed E-state index contributed by atoms with van der Waals surface area (Å²) in [5.74, 6) is 0.472. The Hall–Kier alpha value is -1.87. The van der Waals surface area contributed by atoms with E-state index in [0.29, 0.717) is 11.3 Å². The van der Waals surface area contributed by atoms with Crippen LogP contribution < -0.4 is 10.5 Å². The van der Waals surface area contributed by atoms with Crippen LogP contribution in [0.15, 0.2) is 48.5 Å². The lowest BCUT2D eigenvalue weighted by Gasteiger charge is -2.25. The zero-order valence-corrected chi connectivity index (χ0v) is 11.8. The van der Waals surface area contributed by atoms with Crippen molar-refractivity contribution in [3.8, 4) is 5.75 Å². The first-order chi connectivity index (χ1) is 9.67. The molecule has 0 fully saturated rings. The molecule has 2 atom stereocenters. The topological polar surface area (TPSA) is 35.2 Å².